The summed E-state index contributed by atoms with van der Waals surface area (Å²) in [6.45, 7) is 16.0. The first-order chi connectivity index (χ1) is 20.0. The molecule has 0 radical (unpaired) electrons. The highest BCUT2D eigenvalue weighted by molar-refractivity contribution is 7.13. The van der Waals surface area contributed by atoms with Crippen molar-refractivity contribution in [3.63, 3.8) is 0 Å². The number of carbonyl (C=O) groups excluding carboxylic acids is 3. The number of nitrogens with zero attached hydrogens (tertiary/aromatic N) is 3. The van der Waals surface area contributed by atoms with Crippen LogP contribution in [0.4, 0.5) is 0 Å². The van der Waals surface area contributed by atoms with E-state index in [-0.39, 0.29) is 30.3 Å². The number of hydrogen-bond acceptors (Lipinski definition) is 7. The van der Waals surface area contributed by atoms with Gasteiger partial charge in [0.15, 0.2) is 0 Å². The van der Waals surface area contributed by atoms with Crippen LogP contribution in [0.3, 0.4) is 0 Å². The molecule has 10 heteroatoms. The lowest BCUT2D eigenvalue weighted by Gasteiger charge is -2.36. The lowest BCUT2D eigenvalue weighted by molar-refractivity contribution is -0.144. The Labute approximate surface area is 259 Å². The normalized spacial score (nSPS) is 21.1. The highest BCUT2D eigenvalue weighted by atomic mass is 32.1. The number of aliphatic hydroxyl groups is 1. The van der Waals surface area contributed by atoms with Crippen molar-refractivity contribution in [2.75, 3.05) is 6.54 Å². The maximum Gasteiger partial charge on any atom is 0.246 e. The molecule has 0 bridgehead atoms. The number of thiazole rings is 1. The number of nitriles is 1. The zero-order valence-corrected chi connectivity index (χ0v) is 27.4. The third kappa shape index (κ3) is 7.27. The second kappa shape index (κ2) is 12.0. The predicted octanol–water partition coefficient (Wildman–Crippen LogP) is 4.68. The van der Waals surface area contributed by atoms with E-state index >= 15 is 0 Å². The van der Waals surface area contributed by atoms with Gasteiger partial charge in [0.1, 0.15) is 17.5 Å². The Kier molecular flexibility index (Phi) is 9.11. The molecular formula is C33H45N5O4S. The molecule has 4 atom stereocenters. The Morgan fingerprint density at radius 1 is 1.19 bits per heavy atom. The fraction of sp³-hybridized carbons (Fsp3) is 0.606. The molecule has 1 aromatic carbocycles. The standard InChI is InChI=1S/C33H45N5O4S/c1-19(24-10-9-21(26-20(2)35-18-43-26)13-22(24)15-31(3,4)5)36-28(40)25-14-23(39)16-38(25)29(41)27(32(6,7)8)37-30(42)33(17-34)11-12-33/h9-10,13,18-19,23,25,27,39H,11-12,14-16H2,1-8H3,(H,36,40)(H,37,42)/t19-,23+,25-,27+/m0/s1. The number of benzene rings is 1. The summed E-state index contributed by atoms with van der Waals surface area (Å²) in [4.78, 5) is 47.5. The lowest BCUT2D eigenvalue weighted by Crippen LogP contribution is -2.58. The molecule has 2 fully saturated rings. The van der Waals surface area contributed by atoms with E-state index in [2.05, 4.69) is 60.7 Å². The first kappa shape index (κ1) is 32.6. The Balaban J connectivity index is 1.56. The van der Waals surface area contributed by atoms with Gasteiger partial charge in [0.2, 0.25) is 17.7 Å². The van der Waals surface area contributed by atoms with Gasteiger partial charge in [-0.25, -0.2) is 4.98 Å². The van der Waals surface area contributed by atoms with Crippen molar-refractivity contribution in [1.82, 2.24) is 20.5 Å². The molecular weight excluding hydrogens is 562 g/mol. The van der Waals surface area contributed by atoms with Gasteiger partial charge in [0.25, 0.3) is 0 Å². The van der Waals surface area contributed by atoms with Crippen molar-refractivity contribution >= 4 is 29.1 Å². The van der Waals surface area contributed by atoms with Crippen LogP contribution in [0.15, 0.2) is 23.7 Å². The van der Waals surface area contributed by atoms with Crippen LogP contribution in [-0.4, -0.2) is 57.4 Å². The average molecular weight is 608 g/mol. The van der Waals surface area contributed by atoms with Crippen molar-refractivity contribution in [2.24, 2.45) is 16.2 Å². The van der Waals surface area contributed by atoms with E-state index in [1.165, 1.54) is 4.90 Å². The molecule has 1 aliphatic heterocycles. The summed E-state index contributed by atoms with van der Waals surface area (Å²) >= 11 is 1.60. The molecule has 3 N–H and O–H groups in total. The molecule has 0 unspecified atom stereocenters. The monoisotopic (exact) mass is 607 g/mol. The molecule has 9 nitrogen and oxygen atoms in total. The summed E-state index contributed by atoms with van der Waals surface area (Å²) in [6, 6.07) is 6.19. The summed E-state index contributed by atoms with van der Waals surface area (Å²) in [5.74, 6) is -1.24. The molecule has 2 aliphatic rings. The Morgan fingerprint density at radius 3 is 2.40 bits per heavy atom. The summed E-state index contributed by atoms with van der Waals surface area (Å²) in [6.07, 6.45) is 0.980. The molecule has 43 heavy (non-hydrogen) atoms. The Hall–Kier alpha value is -3.29. The smallest absolute Gasteiger partial charge is 0.246 e. The summed E-state index contributed by atoms with van der Waals surface area (Å²) in [5.41, 5.74) is 4.29. The maximum atomic E-state index is 13.9. The van der Waals surface area contributed by atoms with E-state index in [0.717, 1.165) is 33.7 Å². The summed E-state index contributed by atoms with van der Waals surface area (Å²) in [5, 5.41) is 26.0. The highest BCUT2D eigenvalue weighted by Crippen LogP contribution is 2.45. The number of hydrogen-bond donors (Lipinski definition) is 3. The van der Waals surface area contributed by atoms with Gasteiger partial charge in [-0.1, -0.05) is 53.7 Å². The molecule has 1 aliphatic carbocycles. The van der Waals surface area contributed by atoms with Crippen molar-refractivity contribution in [3.8, 4) is 16.5 Å². The van der Waals surface area contributed by atoms with Crippen LogP contribution in [-0.2, 0) is 20.8 Å². The van der Waals surface area contributed by atoms with Crippen LogP contribution in [0.2, 0.25) is 0 Å². The quantitative estimate of drug-likeness (QED) is 0.399. The minimum Gasteiger partial charge on any atom is -0.391 e. The molecule has 2 aromatic rings. The number of aromatic nitrogens is 1. The molecule has 4 rings (SSSR count). The van der Waals surface area contributed by atoms with Crippen molar-refractivity contribution in [3.05, 3.63) is 40.5 Å². The second-order valence-electron chi connectivity index (χ2n) is 14.5. The van der Waals surface area contributed by atoms with Gasteiger partial charge in [-0.3, -0.25) is 14.4 Å². The zero-order valence-electron chi connectivity index (χ0n) is 26.6. The van der Waals surface area contributed by atoms with Crippen LogP contribution in [0.25, 0.3) is 10.4 Å². The number of amides is 3. The van der Waals surface area contributed by atoms with E-state index in [0.29, 0.717) is 12.8 Å². The summed E-state index contributed by atoms with van der Waals surface area (Å²) < 4.78 is 0. The molecule has 1 saturated carbocycles. The van der Waals surface area contributed by atoms with Gasteiger partial charge in [-0.15, -0.1) is 11.3 Å². The second-order valence-corrected chi connectivity index (χ2v) is 15.4. The van der Waals surface area contributed by atoms with Crippen molar-refractivity contribution < 1.29 is 19.5 Å². The lowest BCUT2D eigenvalue weighted by atomic mass is 9.84. The zero-order chi connectivity index (χ0) is 31.9. The summed E-state index contributed by atoms with van der Waals surface area (Å²) in [7, 11) is 0. The molecule has 232 valence electrons. The molecule has 2 heterocycles. The fourth-order valence-corrected chi connectivity index (χ4v) is 6.57. The van der Waals surface area contributed by atoms with Crippen LogP contribution < -0.4 is 10.6 Å². The Bertz CT molecular complexity index is 1430. The van der Waals surface area contributed by atoms with Gasteiger partial charge in [0, 0.05) is 13.0 Å². The SMILES string of the molecule is Cc1ncsc1-c1ccc([C@H](C)NC(=O)[C@@H]2C[C@@H](O)CN2C(=O)[C@@H](NC(=O)C2(C#N)CC2)C(C)(C)C)c(CC(C)(C)C)c1. The molecule has 3 amide bonds. The average Bonchev–Trinajstić information content (AvgIpc) is 3.44. The number of nitrogens with one attached hydrogen (secondary N) is 2. The van der Waals surface area contributed by atoms with E-state index in [1.807, 2.05) is 40.1 Å². The van der Waals surface area contributed by atoms with Crippen LogP contribution in [0.5, 0.6) is 0 Å². The minimum atomic E-state index is -1.08. The van der Waals surface area contributed by atoms with Crippen LogP contribution in [0, 0.1) is 34.5 Å². The molecule has 1 aromatic heterocycles. The van der Waals surface area contributed by atoms with Crippen LogP contribution in [0.1, 0.15) is 90.6 Å². The Morgan fingerprint density at radius 2 is 1.86 bits per heavy atom. The predicted molar refractivity (Wildman–Crippen MR) is 167 cm³/mol. The van der Waals surface area contributed by atoms with Gasteiger partial charge < -0.3 is 20.6 Å². The number of β-amino-alcohol motifs (C(OH)–C–C–N with tert-alkyl or cyclic N) is 1. The van der Waals surface area contributed by atoms with E-state index < -0.39 is 40.8 Å². The first-order valence-corrected chi connectivity index (χ1v) is 15.9. The van der Waals surface area contributed by atoms with Crippen LogP contribution >= 0.6 is 11.3 Å². The third-order valence-corrected chi connectivity index (χ3v) is 9.33. The number of carbonyl (C=O) groups is 3. The number of aryl methyl sites for hydroxylation is 1. The maximum absolute atomic E-state index is 13.9. The fourth-order valence-electron chi connectivity index (χ4n) is 5.76. The van der Waals surface area contributed by atoms with Gasteiger partial charge in [0.05, 0.1) is 34.3 Å². The van der Waals surface area contributed by atoms with E-state index in [9.17, 15) is 24.8 Å². The third-order valence-electron chi connectivity index (χ3n) is 8.35. The largest absolute Gasteiger partial charge is 0.391 e. The van der Waals surface area contributed by atoms with Gasteiger partial charge >= 0.3 is 0 Å². The van der Waals surface area contributed by atoms with Crippen molar-refractivity contribution in [1.29, 1.82) is 5.26 Å². The van der Waals surface area contributed by atoms with Gasteiger partial charge in [-0.05, 0) is 66.7 Å². The number of likely N-dealkylation sites (tertiary alicyclic amines) is 1. The molecule has 1 saturated heterocycles. The van der Waals surface area contributed by atoms with Crippen molar-refractivity contribution in [2.45, 2.75) is 105 Å². The highest BCUT2D eigenvalue weighted by Gasteiger charge is 2.53. The number of aliphatic hydroxyl groups excluding tert-OH is 1. The van der Waals surface area contributed by atoms with E-state index in [4.69, 9.17) is 0 Å². The minimum absolute atomic E-state index is 0.00465. The molecule has 0 spiro atoms. The topological polar surface area (TPSA) is 135 Å². The van der Waals surface area contributed by atoms with E-state index in [1.54, 1.807) is 11.3 Å². The van der Waals surface area contributed by atoms with Gasteiger partial charge in [-0.2, -0.15) is 5.26 Å². The number of rotatable bonds is 8. The first-order valence-electron chi connectivity index (χ1n) is 15.0.